The lowest BCUT2D eigenvalue weighted by atomic mass is 10.1. The highest BCUT2D eigenvalue weighted by molar-refractivity contribution is 9.10. The first-order valence-electron chi connectivity index (χ1n) is 5.87. The van der Waals surface area contributed by atoms with Gasteiger partial charge in [0.2, 0.25) is 0 Å². The zero-order chi connectivity index (χ0) is 11.5. The Bertz CT molecular complexity index is 367. The topological polar surface area (TPSA) is 21.3 Å². The van der Waals surface area contributed by atoms with E-state index in [0.29, 0.717) is 12.1 Å². The summed E-state index contributed by atoms with van der Waals surface area (Å²) in [4.78, 5) is 0. The quantitative estimate of drug-likeness (QED) is 0.917. The van der Waals surface area contributed by atoms with Gasteiger partial charge in [-0.15, -0.1) is 0 Å². The molecule has 2 unspecified atom stereocenters. The Morgan fingerprint density at radius 3 is 3.12 bits per heavy atom. The van der Waals surface area contributed by atoms with Gasteiger partial charge in [0.25, 0.3) is 0 Å². The SMILES string of the molecule is CCC(C)NCC1Cc2cc(Br)ccc2O1. The second-order valence-electron chi connectivity index (χ2n) is 4.41. The summed E-state index contributed by atoms with van der Waals surface area (Å²) in [6, 6.07) is 6.80. The summed E-state index contributed by atoms with van der Waals surface area (Å²) in [6.45, 7) is 5.33. The van der Waals surface area contributed by atoms with Crippen molar-refractivity contribution in [2.75, 3.05) is 6.54 Å². The number of hydrogen-bond donors (Lipinski definition) is 1. The molecule has 2 nitrogen and oxygen atoms in total. The van der Waals surface area contributed by atoms with Crippen molar-refractivity contribution in [3.05, 3.63) is 28.2 Å². The van der Waals surface area contributed by atoms with Gasteiger partial charge in [-0.2, -0.15) is 0 Å². The third-order valence-electron chi connectivity index (χ3n) is 3.07. The van der Waals surface area contributed by atoms with Gasteiger partial charge in [-0.25, -0.2) is 0 Å². The molecular formula is C13H18BrNO. The van der Waals surface area contributed by atoms with Gasteiger partial charge in [0.15, 0.2) is 0 Å². The van der Waals surface area contributed by atoms with Gasteiger partial charge in [-0.05, 0) is 37.1 Å². The monoisotopic (exact) mass is 283 g/mol. The average Bonchev–Trinajstić information content (AvgIpc) is 2.67. The van der Waals surface area contributed by atoms with Crippen LogP contribution >= 0.6 is 15.9 Å². The summed E-state index contributed by atoms with van der Waals surface area (Å²) >= 11 is 3.49. The number of fused-ring (bicyclic) bond motifs is 1. The molecule has 0 amide bonds. The first-order valence-corrected chi connectivity index (χ1v) is 6.66. The van der Waals surface area contributed by atoms with Crippen molar-refractivity contribution >= 4 is 15.9 Å². The van der Waals surface area contributed by atoms with Crippen LogP contribution < -0.4 is 10.1 Å². The molecule has 1 heterocycles. The first kappa shape index (κ1) is 11.9. The summed E-state index contributed by atoms with van der Waals surface area (Å²) in [7, 11) is 0. The van der Waals surface area contributed by atoms with E-state index >= 15 is 0 Å². The fourth-order valence-corrected chi connectivity index (χ4v) is 2.29. The maximum absolute atomic E-state index is 5.87. The lowest BCUT2D eigenvalue weighted by Gasteiger charge is -2.15. The minimum absolute atomic E-state index is 0.290. The van der Waals surface area contributed by atoms with E-state index in [1.54, 1.807) is 0 Å². The summed E-state index contributed by atoms with van der Waals surface area (Å²) in [5.41, 5.74) is 1.31. The van der Waals surface area contributed by atoms with Gasteiger partial charge in [0, 0.05) is 23.5 Å². The Morgan fingerprint density at radius 1 is 1.56 bits per heavy atom. The molecular weight excluding hydrogens is 266 g/mol. The first-order chi connectivity index (χ1) is 7.69. The predicted octanol–water partition coefficient (Wildman–Crippen LogP) is 3.14. The standard InChI is InChI=1S/C13H18BrNO/c1-3-9(2)15-8-12-7-10-6-11(14)4-5-13(10)16-12/h4-6,9,12,15H,3,7-8H2,1-2H3. The largest absolute Gasteiger partial charge is 0.488 e. The van der Waals surface area contributed by atoms with Crippen molar-refractivity contribution in [2.24, 2.45) is 0 Å². The van der Waals surface area contributed by atoms with Crippen molar-refractivity contribution in [3.63, 3.8) is 0 Å². The van der Waals surface area contributed by atoms with Gasteiger partial charge in [-0.3, -0.25) is 0 Å². The molecule has 1 aromatic rings. The molecule has 0 aliphatic carbocycles. The number of halogens is 1. The van der Waals surface area contributed by atoms with Crippen molar-refractivity contribution in [3.8, 4) is 5.75 Å². The molecule has 0 bridgehead atoms. The molecule has 1 aliphatic heterocycles. The van der Waals surface area contributed by atoms with E-state index in [2.05, 4.69) is 41.2 Å². The molecule has 2 atom stereocenters. The second kappa shape index (κ2) is 5.19. The number of hydrogen-bond acceptors (Lipinski definition) is 2. The number of ether oxygens (including phenoxy) is 1. The minimum atomic E-state index is 0.290. The summed E-state index contributed by atoms with van der Waals surface area (Å²) < 4.78 is 7.00. The van der Waals surface area contributed by atoms with E-state index in [0.717, 1.165) is 29.6 Å². The molecule has 1 aromatic carbocycles. The zero-order valence-electron chi connectivity index (χ0n) is 9.79. The normalized spacial score (nSPS) is 20.3. The van der Waals surface area contributed by atoms with Gasteiger partial charge in [-0.1, -0.05) is 22.9 Å². The van der Waals surface area contributed by atoms with Crippen molar-refractivity contribution in [1.29, 1.82) is 0 Å². The Labute approximate surface area is 106 Å². The van der Waals surface area contributed by atoms with Crippen molar-refractivity contribution in [1.82, 2.24) is 5.32 Å². The highest BCUT2D eigenvalue weighted by atomic mass is 79.9. The Kier molecular flexibility index (Phi) is 3.87. The molecule has 0 fully saturated rings. The van der Waals surface area contributed by atoms with Gasteiger partial charge >= 0.3 is 0 Å². The highest BCUT2D eigenvalue weighted by Gasteiger charge is 2.22. The molecule has 0 spiro atoms. The van der Waals surface area contributed by atoms with Crippen LogP contribution in [-0.2, 0) is 6.42 Å². The van der Waals surface area contributed by atoms with Gasteiger partial charge in [0.05, 0.1) is 0 Å². The lowest BCUT2D eigenvalue weighted by Crippen LogP contribution is -2.35. The smallest absolute Gasteiger partial charge is 0.123 e. The van der Waals surface area contributed by atoms with Gasteiger partial charge in [0.1, 0.15) is 11.9 Å². The molecule has 3 heteroatoms. The fraction of sp³-hybridized carbons (Fsp3) is 0.538. The van der Waals surface area contributed by atoms with Crippen LogP contribution in [0, 0.1) is 0 Å². The molecule has 88 valence electrons. The highest BCUT2D eigenvalue weighted by Crippen LogP contribution is 2.30. The van der Waals surface area contributed by atoms with Crippen LogP contribution in [0.25, 0.3) is 0 Å². The molecule has 16 heavy (non-hydrogen) atoms. The Hall–Kier alpha value is -0.540. The molecule has 1 aliphatic rings. The van der Waals surface area contributed by atoms with Crippen LogP contribution in [-0.4, -0.2) is 18.7 Å². The van der Waals surface area contributed by atoms with Crippen LogP contribution in [0.3, 0.4) is 0 Å². The van der Waals surface area contributed by atoms with Crippen molar-refractivity contribution < 1.29 is 4.74 Å². The minimum Gasteiger partial charge on any atom is -0.488 e. The summed E-state index contributed by atoms with van der Waals surface area (Å²) in [6.07, 6.45) is 2.46. The lowest BCUT2D eigenvalue weighted by molar-refractivity contribution is 0.222. The number of benzene rings is 1. The Balaban J connectivity index is 1.90. The van der Waals surface area contributed by atoms with E-state index in [1.165, 1.54) is 5.56 Å². The average molecular weight is 284 g/mol. The third-order valence-corrected chi connectivity index (χ3v) is 3.56. The van der Waals surface area contributed by atoms with E-state index in [-0.39, 0.29) is 0 Å². The van der Waals surface area contributed by atoms with E-state index < -0.39 is 0 Å². The molecule has 1 N–H and O–H groups in total. The molecule has 0 radical (unpaired) electrons. The third kappa shape index (κ3) is 2.77. The fourth-order valence-electron chi connectivity index (χ4n) is 1.88. The summed E-state index contributed by atoms with van der Waals surface area (Å²) in [5.74, 6) is 1.04. The number of rotatable bonds is 4. The molecule has 0 aromatic heterocycles. The van der Waals surface area contributed by atoms with E-state index in [9.17, 15) is 0 Å². The molecule has 0 saturated carbocycles. The second-order valence-corrected chi connectivity index (χ2v) is 5.33. The van der Waals surface area contributed by atoms with Crippen LogP contribution in [0.1, 0.15) is 25.8 Å². The Morgan fingerprint density at radius 2 is 2.38 bits per heavy atom. The maximum Gasteiger partial charge on any atom is 0.123 e. The summed E-state index contributed by atoms with van der Waals surface area (Å²) in [5, 5.41) is 3.49. The van der Waals surface area contributed by atoms with E-state index in [1.807, 2.05) is 12.1 Å². The van der Waals surface area contributed by atoms with E-state index in [4.69, 9.17) is 4.74 Å². The predicted molar refractivity (Wildman–Crippen MR) is 70.0 cm³/mol. The van der Waals surface area contributed by atoms with Crippen LogP contribution in [0.2, 0.25) is 0 Å². The molecule has 2 rings (SSSR count). The van der Waals surface area contributed by atoms with Crippen molar-refractivity contribution in [2.45, 2.75) is 38.8 Å². The van der Waals surface area contributed by atoms with Crippen LogP contribution in [0.15, 0.2) is 22.7 Å². The molecule has 0 saturated heterocycles. The number of nitrogens with one attached hydrogen (secondary N) is 1. The zero-order valence-corrected chi connectivity index (χ0v) is 11.4. The maximum atomic E-state index is 5.87. The van der Waals surface area contributed by atoms with Crippen LogP contribution in [0.4, 0.5) is 0 Å². The van der Waals surface area contributed by atoms with Crippen LogP contribution in [0.5, 0.6) is 5.75 Å². The van der Waals surface area contributed by atoms with Gasteiger partial charge < -0.3 is 10.1 Å².